The monoisotopic (exact) mass is 447 g/mol. The van der Waals surface area contributed by atoms with Crippen molar-refractivity contribution in [3.8, 4) is 0 Å². The van der Waals surface area contributed by atoms with E-state index >= 15 is 0 Å². The molecule has 11 heteroatoms. The normalized spacial score (nSPS) is 11.0. The number of benzene rings is 3. The summed E-state index contributed by atoms with van der Waals surface area (Å²) in [6.07, 6.45) is -4.91. The van der Waals surface area contributed by atoms with Crippen molar-refractivity contribution in [3.63, 3.8) is 0 Å². The minimum Gasteiger partial charge on any atom is -0.322 e. The van der Waals surface area contributed by atoms with E-state index in [4.69, 9.17) is 0 Å². The number of halogens is 4. The number of nitro benzene ring substituents is 1. The lowest BCUT2D eigenvalue weighted by Gasteiger charge is -2.16. The summed E-state index contributed by atoms with van der Waals surface area (Å²) >= 11 is 0. The molecular formula is C21H13F4N3O4. The Morgan fingerprint density at radius 1 is 0.875 bits per heavy atom. The van der Waals surface area contributed by atoms with E-state index in [1.807, 2.05) is 5.32 Å². The molecule has 3 rings (SSSR count). The van der Waals surface area contributed by atoms with E-state index < -0.39 is 51.2 Å². The minimum absolute atomic E-state index is 0.0220. The van der Waals surface area contributed by atoms with E-state index in [-0.39, 0.29) is 11.3 Å². The Morgan fingerprint density at radius 2 is 1.53 bits per heavy atom. The molecule has 2 amide bonds. The number of carbonyl (C=O) groups is 2. The van der Waals surface area contributed by atoms with Gasteiger partial charge in [0.15, 0.2) is 0 Å². The molecule has 0 saturated carbocycles. The maximum absolute atomic E-state index is 13.6. The quantitative estimate of drug-likeness (QED) is 0.317. The molecule has 0 aliphatic rings. The number of hydrogen-bond acceptors (Lipinski definition) is 4. The Kier molecular flexibility index (Phi) is 6.19. The van der Waals surface area contributed by atoms with E-state index in [1.165, 1.54) is 12.1 Å². The maximum atomic E-state index is 13.6. The van der Waals surface area contributed by atoms with Crippen LogP contribution < -0.4 is 10.6 Å². The molecule has 0 aliphatic heterocycles. The van der Waals surface area contributed by atoms with Crippen LogP contribution in [0.2, 0.25) is 0 Å². The summed E-state index contributed by atoms with van der Waals surface area (Å²) in [6.45, 7) is 0. The molecule has 0 aliphatic carbocycles. The smallest absolute Gasteiger partial charge is 0.322 e. The molecular weight excluding hydrogens is 434 g/mol. The number of nitrogens with one attached hydrogen (secondary N) is 2. The second kappa shape index (κ2) is 8.84. The van der Waals surface area contributed by atoms with Crippen LogP contribution in [0, 0.1) is 15.9 Å². The van der Waals surface area contributed by atoms with Crippen molar-refractivity contribution in [1.82, 2.24) is 0 Å². The molecule has 0 fully saturated rings. The zero-order chi connectivity index (χ0) is 23.5. The van der Waals surface area contributed by atoms with Gasteiger partial charge < -0.3 is 10.6 Å². The summed E-state index contributed by atoms with van der Waals surface area (Å²) in [5.41, 5.74) is -3.12. The number of alkyl halides is 3. The number of rotatable bonds is 5. The van der Waals surface area contributed by atoms with Crippen molar-refractivity contribution < 1.29 is 32.1 Å². The van der Waals surface area contributed by atoms with Gasteiger partial charge >= 0.3 is 6.18 Å². The standard InChI is InChI=1S/C21H13F4N3O4/c22-13-7-5-12(6-8-13)19(29)26-14-9-10-17(16(11-14)21(23,24)25)27-20(30)15-3-1-2-4-18(15)28(31)32/h1-11H,(H,26,29)(H,27,30). The highest BCUT2D eigenvalue weighted by Gasteiger charge is 2.35. The van der Waals surface area contributed by atoms with Gasteiger partial charge in [0.1, 0.15) is 11.4 Å². The number of carbonyl (C=O) groups excluding carboxylic acids is 2. The van der Waals surface area contributed by atoms with Gasteiger partial charge in [-0.1, -0.05) is 12.1 Å². The molecule has 0 aromatic heterocycles. The SMILES string of the molecule is O=C(Nc1ccc(NC(=O)c2ccccc2[N+](=O)[O-])c(C(F)(F)F)c1)c1ccc(F)cc1. The van der Waals surface area contributed by atoms with Crippen molar-refractivity contribution in [2.75, 3.05) is 10.6 Å². The van der Waals surface area contributed by atoms with E-state index in [2.05, 4.69) is 5.32 Å². The average Bonchev–Trinajstić information content (AvgIpc) is 2.74. The first-order valence-electron chi connectivity index (χ1n) is 8.89. The molecule has 0 radical (unpaired) electrons. The summed E-state index contributed by atoms with van der Waals surface area (Å²) in [7, 11) is 0. The van der Waals surface area contributed by atoms with Crippen LogP contribution in [0.25, 0.3) is 0 Å². The highest BCUT2D eigenvalue weighted by molar-refractivity contribution is 6.08. The first-order valence-corrected chi connectivity index (χ1v) is 8.89. The molecule has 3 aromatic rings. The fraction of sp³-hybridized carbons (Fsp3) is 0.0476. The Hall–Kier alpha value is -4.28. The molecule has 32 heavy (non-hydrogen) atoms. The largest absolute Gasteiger partial charge is 0.418 e. The Labute approximate surface area is 177 Å². The van der Waals surface area contributed by atoms with Gasteiger partial charge in [-0.25, -0.2) is 4.39 Å². The van der Waals surface area contributed by atoms with Crippen LogP contribution in [-0.2, 0) is 6.18 Å². The van der Waals surface area contributed by atoms with Crippen LogP contribution in [0.4, 0.5) is 34.6 Å². The van der Waals surface area contributed by atoms with Gasteiger partial charge in [-0.3, -0.25) is 19.7 Å². The summed E-state index contributed by atoms with van der Waals surface area (Å²) in [4.78, 5) is 34.8. The highest BCUT2D eigenvalue weighted by Crippen LogP contribution is 2.37. The van der Waals surface area contributed by atoms with E-state index in [0.29, 0.717) is 6.07 Å². The van der Waals surface area contributed by atoms with Gasteiger partial charge in [-0.15, -0.1) is 0 Å². The first kappa shape index (κ1) is 22.4. The molecule has 164 valence electrons. The van der Waals surface area contributed by atoms with Crippen molar-refractivity contribution >= 4 is 28.9 Å². The molecule has 2 N–H and O–H groups in total. The van der Waals surface area contributed by atoms with Crippen molar-refractivity contribution in [2.45, 2.75) is 6.18 Å². The fourth-order valence-electron chi connectivity index (χ4n) is 2.78. The number of nitro groups is 1. The Balaban J connectivity index is 1.89. The van der Waals surface area contributed by atoms with Gasteiger partial charge in [0.2, 0.25) is 0 Å². The summed E-state index contributed by atoms with van der Waals surface area (Å²) in [6, 6.07) is 11.8. The minimum atomic E-state index is -4.91. The number of hydrogen-bond donors (Lipinski definition) is 2. The van der Waals surface area contributed by atoms with Gasteiger partial charge in [-0.2, -0.15) is 13.2 Å². The lowest BCUT2D eigenvalue weighted by molar-refractivity contribution is -0.385. The lowest BCUT2D eigenvalue weighted by atomic mass is 10.1. The van der Waals surface area contributed by atoms with Crippen molar-refractivity contribution in [2.24, 2.45) is 0 Å². The third kappa shape index (κ3) is 5.06. The molecule has 0 spiro atoms. The van der Waals surface area contributed by atoms with Crippen LogP contribution >= 0.6 is 0 Å². The highest BCUT2D eigenvalue weighted by atomic mass is 19.4. The Morgan fingerprint density at radius 3 is 2.16 bits per heavy atom. The van der Waals surface area contributed by atoms with Crippen LogP contribution in [0.1, 0.15) is 26.3 Å². The summed E-state index contributed by atoms with van der Waals surface area (Å²) < 4.78 is 53.7. The van der Waals surface area contributed by atoms with E-state index in [1.54, 1.807) is 0 Å². The third-order valence-corrected chi connectivity index (χ3v) is 4.28. The predicted molar refractivity (Wildman–Crippen MR) is 107 cm³/mol. The molecule has 0 bridgehead atoms. The summed E-state index contributed by atoms with van der Waals surface area (Å²) in [5, 5.41) is 15.4. The topological polar surface area (TPSA) is 101 Å². The second-order valence-electron chi connectivity index (χ2n) is 6.45. The zero-order valence-corrected chi connectivity index (χ0v) is 15.9. The van der Waals surface area contributed by atoms with Gasteiger partial charge in [0.25, 0.3) is 17.5 Å². The van der Waals surface area contributed by atoms with E-state index in [9.17, 15) is 37.3 Å². The van der Waals surface area contributed by atoms with Gasteiger partial charge in [0, 0.05) is 17.3 Å². The van der Waals surface area contributed by atoms with E-state index in [0.717, 1.165) is 48.5 Å². The number of nitrogens with zero attached hydrogens (tertiary/aromatic N) is 1. The number of amides is 2. The van der Waals surface area contributed by atoms with Crippen LogP contribution in [-0.4, -0.2) is 16.7 Å². The molecule has 3 aromatic carbocycles. The van der Waals surface area contributed by atoms with Crippen LogP contribution in [0.5, 0.6) is 0 Å². The maximum Gasteiger partial charge on any atom is 0.418 e. The predicted octanol–water partition coefficient (Wildman–Crippen LogP) is 5.26. The number of anilines is 2. The summed E-state index contributed by atoms with van der Waals surface area (Å²) in [5.74, 6) is -2.46. The number of para-hydroxylation sites is 1. The molecule has 0 atom stereocenters. The van der Waals surface area contributed by atoms with Gasteiger partial charge in [0.05, 0.1) is 16.2 Å². The molecule has 0 heterocycles. The van der Waals surface area contributed by atoms with Crippen LogP contribution in [0.15, 0.2) is 66.7 Å². The molecule has 7 nitrogen and oxygen atoms in total. The fourth-order valence-corrected chi connectivity index (χ4v) is 2.78. The first-order chi connectivity index (χ1) is 15.1. The lowest BCUT2D eigenvalue weighted by Crippen LogP contribution is -2.18. The van der Waals surface area contributed by atoms with Crippen LogP contribution in [0.3, 0.4) is 0 Å². The zero-order valence-electron chi connectivity index (χ0n) is 15.9. The van der Waals surface area contributed by atoms with Gasteiger partial charge in [-0.05, 0) is 48.5 Å². The molecule has 0 saturated heterocycles. The molecule has 0 unspecified atom stereocenters. The average molecular weight is 447 g/mol. The second-order valence-corrected chi connectivity index (χ2v) is 6.45. The van der Waals surface area contributed by atoms with Crippen molar-refractivity contribution in [3.05, 3.63) is 99.4 Å². The van der Waals surface area contributed by atoms with Crippen molar-refractivity contribution in [1.29, 1.82) is 0 Å². The third-order valence-electron chi connectivity index (χ3n) is 4.28. The Bertz CT molecular complexity index is 1190.